The summed E-state index contributed by atoms with van der Waals surface area (Å²) in [5.41, 5.74) is 1.90. The lowest BCUT2D eigenvalue weighted by molar-refractivity contribution is -0.117. The van der Waals surface area contributed by atoms with Gasteiger partial charge < -0.3 is 10.2 Å². The number of fused-ring (bicyclic) bond motifs is 1. The molecule has 0 aliphatic carbocycles. The predicted octanol–water partition coefficient (Wildman–Crippen LogP) is 0.251. The zero-order valence-electron chi connectivity index (χ0n) is 10.3. The number of carbonyl (C=O) groups excluding carboxylic acids is 1. The Kier molecular flexibility index (Phi) is 2.56. The van der Waals surface area contributed by atoms with Gasteiger partial charge >= 0.3 is 0 Å². The first-order valence-electron chi connectivity index (χ1n) is 6.17. The van der Waals surface area contributed by atoms with Crippen molar-refractivity contribution in [1.29, 1.82) is 5.26 Å². The number of carbonyl (C=O) groups is 1. The Morgan fingerprint density at radius 2 is 2.39 bits per heavy atom. The standard InChI is InChI=1S/C12H15N5O/c1-8-6-17-11(4-14-8)10(5-15-17)16-7-9(3-13)2-12(16)18/h5,8-9,14H,2,4,6-7H2,1H3/t8-,9+/m0/s1. The average molecular weight is 245 g/mol. The van der Waals surface area contributed by atoms with E-state index in [4.69, 9.17) is 5.26 Å². The first kappa shape index (κ1) is 11.2. The first-order valence-corrected chi connectivity index (χ1v) is 6.17. The van der Waals surface area contributed by atoms with Gasteiger partial charge in [0.15, 0.2) is 0 Å². The van der Waals surface area contributed by atoms with Gasteiger partial charge in [0, 0.05) is 25.6 Å². The average Bonchev–Trinajstić information content (AvgIpc) is 2.91. The summed E-state index contributed by atoms with van der Waals surface area (Å²) in [7, 11) is 0. The van der Waals surface area contributed by atoms with Crippen molar-refractivity contribution >= 4 is 11.6 Å². The molecule has 1 aromatic heterocycles. The van der Waals surface area contributed by atoms with Crippen LogP contribution in [0.5, 0.6) is 0 Å². The highest BCUT2D eigenvalue weighted by atomic mass is 16.2. The summed E-state index contributed by atoms with van der Waals surface area (Å²) in [6, 6.07) is 2.56. The molecule has 2 aliphatic rings. The molecule has 0 bridgehead atoms. The normalized spacial score (nSPS) is 27.1. The van der Waals surface area contributed by atoms with Crippen molar-refractivity contribution in [2.45, 2.75) is 32.5 Å². The predicted molar refractivity (Wildman–Crippen MR) is 64.6 cm³/mol. The minimum atomic E-state index is -0.191. The Morgan fingerprint density at radius 3 is 3.11 bits per heavy atom. The number of nitrogens with one attached hydrogen (secondary N) is 1. The van der Waals surface area contributed by atoms with Crippen molar-refractivity contribution in [3.63, 3.8) is 0 Å². The van der Waals surface area contributed by atoms with Crippen molar-refractivity contribution in [2.24, 2.45) is 5.92 Å². The van der Waals surface area contributed by atoms with E-state index >= 15 is 0 Å². The van der Waals surface area contributed by atoms with E-state index < -0.39 is 0 Å². The number of rotatable bonds is 1. The monoisotopic (exact) mass is 245 g/mol. The molecule has 0 spiro atoms. The van der Waals surface area contributed by atoms with Crippen LogP contribution in [0.15, 0.2) is 6.20 Å². The molecule has 6 nitrogen and oxygen atoms in total. The molecule has 1 N–H and O–H groups in total. The Labute approximate surface area is 105 Å². The summed E-state index contributed by atoms with van der Waals surface area (Å²) < 4.78 is 1.95. The molecule has 3 heterocycles. The van der Waals surface area contributed by atoms with Crippen LogP contribution in [-0.4, -0.2) is 28.3 Å². The number of hydrogen-bond donors (Lipinski definition) is 1. The van der Waals surface area contributed by atoms with Gasteiger partial charge in [-0.05, 0) is 6.92 Å². The van der Waals surface area contributed by atoms with Gasteiger partial charge in [0.05, 0.1) is 36.1 Å². The Morgan fingerprint density at radius 1 is 1.56 bits per heavy atom. The first-order chi connectivity index (χ1) is 8.69. The highest BCUT2D eigenvalue weighted by Crippen LogP contribution is 2.29. The molecule has 18 heavy (non-hydrogen) atoms. The van der Waals surface area contributed by atoms with Crippen molar-refractivity contribution in [3.8, 4) is 6.07 Å². The molecule has 1 amide bonds. The number of amides is 1. The third kappa shape index (κ3) is 1.68. The number of nitrogens with zero attached hydrogens (tertiary/aromatic N) is 4. The van der Waals surface area contributed by atoms with E-state index in [1.54, 1.807) is 11.1 Å². The van der Waals surface area contributed by atoms with E-state index in [-0.39, 0.29) is 11.8 Å². The fourth-order valence-electron chi connectivity index (χ4n) is 2.59. The van der Waals surface area contributed by atoms with E-state index in [1.165, 1.54) is 0 Å². The molecule has 0 radical (unpaired) electrons. The van der Waals surface area contributed by atoms with Gasteiger partial charge in [-0.2, -0.15) is 10.4 Å². The maximum atomic E-state index is 11.9. The van der Waals surface area contributed by atoms with Crippen molar-refractivity contribution in [1.82, 2.24) is 15.1 Å². The fraction of sp³-hybridized carbons (Fsp3) is 0.583. The van der Waals surface area contributed by atoms with Crippen LogP contribution in [0, 0.1) is 17.2 Å². The van der Waals surface area contributed by atoms with Crippen LogP contribution in [0.4, 0.5) is 5.69 Å². The molecule has 1 aromatic rings. The number of nitriles is 1. The lowest BCUT2D eigenvalue weighted by Crippen LogP contribution is -2.37. The third-order valence-corrected chi connectivity index (χ3v) is 3.59. The highest BCUT2D eigenvalue weighted by molar-refractivity contribution is 5.96. The van der Waals surface area contributed by atoms with E-state index in [0.29, 0.717) is 19.0 Å². The molecule has 2 atom stereocenters. The van der Waals surface area contributed by atoms with Crippen LogP contribution in [0.3, 0.4) is 0 Å². The van der Waals surface area contributed by atoms with Gasteiger partial charge in [-0.3, -0.25) is 9.48 Å². The van der Waals surface area contributed by atoms with Gasteiger partial charge in [0.25, 0.3) is 0 Å². The molecular weight excluding hydrogens is 230 g/mol. The van der Waals surface area contributed by atoms with Gasteiger partial charge in [0.2, 0.25) is 5.91 Å². The molecule has 1 fully saturated rings. The molecule has 1 saturated heterocycles. The second-order valence-electron chi connectivity index (χ2n) is 4.98. The fourth-order valence-corrected chi connectivity index (χ4v) is 2.59. The molecular formula is C12H15N5O. The van der Waals surface area contributed by atoms with E-state index in [0.717, 1.165) is 24.5 Å². The summed E-state index contributed by atoms with van der Waals surface area (Å²) in [6.07, 6.45) is 2.07. The van der Waals surface area contributed by atoms with Gasteiger partial charge in [-0.25, -0.2) is 0 Å². The second kappa shape index (κ2) is 4.10. The zero-order chi connectivity index (χ0) is 12.7. The Balaban J connectivity index is 1.90. The van der Waals surface area contributed by atoms with Crippen LogP contribution in [0.1, 0.15) is 19.0 Å². The Hall–Kier alpha value is -1.87. The van der Waals surface area contributed by atoms with Crippen molar-refractivity contribution in [2.75, 3.05) is 11.4 Å². The maximum absolute atomic E-state index is 11.9. The lowest BCUT2D eigenvalue weighted by Gasteiger charge is -2.24. The maximum Gasteiger partial charge on any atom is 0.228 e. The SMILES string of the molecule is C[C@H]1Cn2ncc(N3C[C@@H](C#N)CC3=O)c2CN1. The minimum Gasteiger partial charge on any atom is -0.308 e. The van der Waals surface area contributed by atoms with E-state index in [2.05, 4.69) is 23.4 Å². The van der Waals surface area contributed by atoms with Gasteiger partial charge in [0.1, 0.15) is 0 Å². The molecule has 0 unspecified atom stereocenters. The Bertz CT molecular complexity index is 529. The zero-order valence-corrected chi connectivity index (χ0v) is 10.3. The molecule has 2 aliphatic heterocycles. The number of hydrogen-bond acceptors (Lipinski definition) is 4. The quantitative estimate of drug-likeness (QED) is 0.769. The van der Waals surface area contributed by atoms with Crippen molar-refractivity contribution in [3.05, 3.63) is 11.9 Å². The summed E-state index contributed by atoms with van der Waals surface area (Å²) in [5, 5.41) is 16.6. The number of anilines is 1. The summed E-state index contributed by atoms with van der Waals surface area (Å²) in [6.45, 7) is 4.14. The number of aromatic nitrogens is 2. The molecule has 3 rings (SSSR count). The molecule has 94 valence electrons. The summed E-state index contributed by atoms with van der Waals surface area (Å²) >= 11 is 0. The van der Waals surface area contributed by atoms with Crippen LogP contribution in [0.25, 0.3) is 0 Å². The van der Waals surface area contributed by atoms with E-state index in [1.807, 2.05) is 4.68 Å². The van der Waals surface area contributed by atoms with Crippen LogP contribution in [-0.2, 0) is 17.9 Å². The largest absolute Gasteiger partial charge is 0.308 e. The molecule has 0 saturated carbocycles. The minimum absolute atomic E-state index is 0.0240. The molecule has 0 aromatic carbocycles. The third-order valence-electron chi connectivity index (χ3n) is 3.59. The summed E-state index contributed by atoms with van der Waals surface area (Å²) in [5.74, 6) is -0.167. The van der Waals surface area contributed by atoms with Gasteiger partial charge in [-0.1, -0.05) is 0 Å². The van der Waals surface area contributed by atoms with E-state index in [9.17, 15) is 4.79 Å². The molecule has 6 heteroatoms. The smallest absolute Gasteiger partial charge is 0.228 e. The topological polar surface area (TPSA) is 74.0 Å². The van der Waals surface area contributed by atoms with Crippen molar-refractivity contribution < 1.29 is 4.79 Å². The second-order valence-corrected chi connectivity index (χ2v) is 4.98. The van der Waals surface area contributed by atoms with Crippen LogP contribution < -0.4 is 10.2 Å². The van der Waals surface area contributed by atoms with Gasteiger partial charge in [-0.15, -0.1) is 0 Å². The van der Waals surface area contributed by atoms with Crippen LogP contribution >= 0.6 is 0 Å². The lowest BCUT2D eigenvalue weighted by atomic mass is 10.1. The highest BCUT2D eigenvalue weighted by Gasteiger charge is 2.33. The summed E-state index contributed by atoms with van der Waals surface area (Å²) in [4.78, 5) is 13.6. The van der Waals surface area contributed by atoms with Crippen LogP contribution in [0.2, 0.25) is 0 Å².